The lowest BCUT2D eigenvalue weighted by molar-refractivity contribution is 0.302. The van der Waals surface area contributed by atoms with E-state index in [1.807, 2.05) is 49.4 Å². The van der Waals surface area contributed by atoms with E-state index in [9.17, 15) is 0 Å². The minimum absolute atomic E-state index is 0.441. The lowest BCUT2D eigenvalue weighted by Gasteiger charge is -2.12. The fraction of sp³-hybridized carbons (Fsp3) is 0.200. The van der Waals surface area contributed by atoms with Gasteiger partial charge in [0.2, 0.25) is 0 Å². The Balaban J connectivity index is 2.07. The van der Waals surface area contributed by atoms with E-state index >= 15 is 0 Å². The van der Waals surface area contributed by atoms with Crippen molar-refractivity contribution in [2.24, 2.45) is 0 Å². The number of anilines is 1. The van der Waals surface area contributed by atoms with E-state index in [-0.39, 0.29) is 0 Å². The number of nitrogens with two attached hydrogens (primary N) is 1. The molecule has 19 heavy (non-hydrogen) atoms. The zero-order valence-electron chi connectivity index (χ0n) is 10.7. The molecule has 0 saturated carbocycles. The van der Waals surface area contributed by atoms with Gasteiger partial charge in [-0.25, -0.2) is 0 Å². The molecule has 0 fully saturated rings. The molecule has 0 spiro atoms. The highest BCUT2D eigenvalue weighted by molar-refractivity contribution is 6.30. The molecule has 0 saturated heterocycles. The van der Waals surface area contributed by atoms with Gasteiger partial charge in [-0.1, -0.05) is 29.8 Å². The van der Waals surface area contributed by atoms with Crippen molar-refractivity contribution in [2.45, 2.75) is 13.5 Å². The van der Waals surface area contributed by atoms with Crippen molar-refractivity contribution in [1.29, 1.82) is 0 Å². The van der Waals surface area contributed by atoms with E-state index in [2.05, 4.69) is 0 Å². The van der Waals surface area contributed by atoms with Crippen LogP contribution in [0.1, 0.15) is 12.5 Å². The van der Waals surface area contributed by atoms with Gasteiger partial charge in [-0.2, -0.15) is 0 Å². The van der Waals surface area contributed by atoms with Gasteiger partial charge in [0.05, 0.1) is 6.61 Å². The summed E-state index contributed by atoms with van der Waals surface area (Å²) >= 11 is 5.83. The normalized spacial score (nSPS) is 10.2. The van der Waals surface area contributed by atoms with Crippen LogP contribution in [-0.4, -0.2) is 6.61 Å². The molecule has 0 aromatic heterocycles. The van der Waals surface area contributed by atoms with Gasteiger partial charge in [0.1, 0.15) is 23.8 Å². The first-order valence-corrected chi connectivity index (χ1v) is 6.47. The highest BCUT2D eigenvalue weighted by Crippen LogP contribution is 2.31. The summed E-state index contributed by atoms with van der Waals surface area (Å²) < 4.78 is 11.1. The van der Waals surface area contributed by atoms with Crippen molar-refractivity contribution >= 4 is 17.3 Å². The van der Waals surface area contributed by atoms with E-state index in [4.69, 9.17) is 26.8 Å². The van der Waals surface area contributed by atoms with Crippen LogP contribution in [0.15, 0.2) is 42.5 Å². The third kappa shape index (κ3) is 3.55. The highest BCUT2D eigenvalue weighted by atomic mass is 35.5. The van der Waals surface area contributed by atoms with E-state index in [0.717, 1.165) is 5.56 Å². The smallest absolute Gasteiger partial charge is 0.146 e. The second kappa shape index (κ2) is 6.34. The molecule has 0 aliphatic rings. The molecule has 0 heterocycles. The van der Waals surface area contributed by atoms with Gasteiger partial charge in [-0.05, 0) is 36.8 Å². The standard InChI is InChI=1S/C15H16ClNO2/c1-2-18-13-4-3-5-14(15(13)17)19-10-11-6-8-12(16)9-7-11/h3-9H,2,10,17H2,1H3. The SMILES string of the molecule is CCOc1cccc(OCc2ccc(Cl)cc2)c1N. The van der Waals surface area contributed by atoms with Crippen LogP contribution in [0.5, 0.6) is 11.5 Å². The summed E-state index contributed by atoms with van der Waals surface area (Å²) in [4.78, 5) is 0. The summed E-state index contributed by atoms with van der Waals surface area (Å²) in [6.45, 7) is 2.93. The lowest BCUT2D eigenvalue weighted by Crippen LogP contribution is -2.01. The molecule has 0 amide bonds. The largest absolute Gasteiger partial charge is 0.492 e. The van der Waals surface area contributed by atoms with Gasteiger partial charge < -0.3 is 15.2 Å². The van der Waals surface area contributed by atoms with Gasteiger partial charge >= 0.3 is 0 Å². The Bertz CT molecular complexity index is 540. The number of hydrogen-bond donors (Lipinski definition) is 1. The zero-order chi connectivity index (χ0) is 13.7. The summed E-state index contributed by atoms with van der Waals surface area (Å²) in [7, 11) is 0. The number of ether oxygens (including phenoxy) is 2. The molecule has 0 atom stereocenters. The first-order chi connectivity index (χ1) is 9.20. The third-order valence-corrected chi connectivity index (χ3v) is 2.89. The Kier molecular flexibility index (Phi) is 4.53. The van der Waals surface area contributed by atoms with Gasteiger partial charge in [0.15, 0.2) is 0 Å². The average molecular weight is 278 g/mol. The number of benzene rings is 2. The zero-order valence-corrected chi connectivity index (χ0v) is 11.5. The monoisotopic (exact) mass is 277 g/mol. The molecule has 0 aliphatic carbocycles. The van der Waals surface area contributed by atoms with Gasteiger partial charge in [-0.15, -0.1) is 0 Å². The summed E-state index contributed by atoms with van der Waals surface area (Å²) in [6, 6.07) is 13.0. The van der Waals surface area contributed by atoms with E-state index < -0.39 is 0 Å². The van der Waals surface area contributed by atoms with Crippen LogP contribution in [0.2, 0.25) is 5.02 Å². The topological polar surface area (TPSA) is 44.5 Å². The fourth-order valence-corrected chi connectivity index (χ4v) is 1.80. The van der Waals surface area contributed by atoms with Gasteiger partial charge in [-0.3, -0.25) is 0 Å². The Morgan fingerprint density at radius 1 is 1.00 bits per heavy atom. The number of rotatable bonds is 5. The molecular weight excluding hydrogens is 262 g/mol. The summed E-state index contributed by atoms with van der Waals surface area (Å²) in [5.74, 6) is 1.28. The Hall–Kier alpha value is -1.87. The maximum Gasteiger partial charge on any atom is 0.146 e. The Morgan fingerprint density at radius 3 is 2.26 bits per heavy atom. The lowest BCUT2D eigenvalue weighted by atomic mass is 10.2. The van der Waals surface area contributed by atoms with Crippen LogP contribution in [-0.2, 0) is 6.61 Å². The quantitative estimate of drug-likeness (QED) is 0.843. The van der Waals surface area contributed by atoms with Crippen molar-refractivity contribution in [1.82, 2.24) is 0 Å². The average Bonchev–Trinajstić information content (AvgIpc) is 2.42. The molecule has 0 radical (unpaired) electrons. The van der Waals surface area contributed by atoms with Crippen molar-refractivity contribution in [3.63, 3.8) is 0 Å². The molecule has 2 rings (SSSR count). The second-order valence-electron chi connectivity index (χ2n) is 4.02. The first kappa shape index (κ1) is 13.6. The minimum atomic E-state index is 0.441. The fourth-order valence-electron chi connectivity index (χ4n) is 1.67. The molecule has 2 N–H and O–H groups in total. The van der Waals surface area contributed by atoms with Crippen LogP contribution in [0.4, 0.5) is 5.69 Å². The minimum Gasteiger partial charge on any atom is -0.492 e. The summed E-state index contributed by atoms with van der Waals surface area (Å²) in [6.07, 6.45) is 0. The molecule has 3 nitrogen and oxygen atoms in total. The summed E-state index contributed by atoms with van der Waals surface area (Å²) in [5, 5.41) is 0.710. The predicted molar refractivity (Wildman–Crippen MR) is 77.8 cm³/mol. The van der Waals surface area contributed by atoms with Crippen LogP contribution in [0, 0.1) is 0 Å². The van der Waals surface area contributed by atoms with Crippen molar-refractivity contribution < 1.29 is 9.47 Å². The van der Waals surface area contributed by atoms with Crippen LogP contribution in [0.25, 0.3) is 0 Å². The van der Waals surface area contributed by atoms with Gasteiger partial charge in [0.25, 0.3) is 0 Å². The number of halogens is 1. The maximum atomic E-state index is 5.99. The van der Waals surface area contributed by atoms with Crippen LogP contribution < -0.4 is 15.2 Å². The van der Waals surface area contributed by atoms with E-state index in [1.54, 1.807) is 0 Å². The molecule has 0 bridgehead atoms. The number of nitrogen functional groups attached to an aromatic ring is 1. The van der Waals surface area contributed by atoms with Crippen molar-refractivity contribution in [3.8, 4) is 11.5 Å². The molecule has 2 aromatic carbocycles. The predicted octanol–water partition coefficient (Wildman–Crippen LogP) is 3.90. The number of para-hydroxylation sites is 1. The van der Waals surface area contributed by atoms with Crippen LogP contribution in [0.3, 0.4) is 0 Å². The van der Waals surface area contributed by atoms with E-state index in [1.165, 1.54) is 0 Å². The molecule has 100 valence electrons. The van der Waals surface area contributed by atoms with Gasteiger partial charge in [0, 0.05) is 5.02 Å². The molecule has 4 heteroatoms. The molecule has 2 aromatic rings. The molecular formula is C15H16ClNO2. The number of hydrogen-bond acceptors (Lipinski definition) is 3. The maximum absolute atomic E-state index is 5.99. The Labute approximate surface area is 117 Å². The first-order valence-electron chi connectivity index (χ1n) is 6.09. The molecule has 0 unspecified atom stereocenters. The van der Waals surface area contributed by atoms with Crippen molar-refractivity contribution in [2.75, 3.05) is 12.3 Å². The highest BCUT2D eigenvalue weighted by Gasteiger charge is 2.06. The van der Waals surface area contributed by atoms with Crippen molar-refractivity contribution in [3.05, 3.63) is 53.1 Å². The Morgan fingerprint density at radius 2 is 1.63 bits per heavy atom. The third-order valence-electron chi connectivity index (χ3n) is 2.63. The second-order valence-corrected chi connectivity index (χ2v) is 4.45. The molecule has 0 aliphatic heterocycles. The van der Waals surface area contributed by atoms with E-state index in [0.29, 0.717) is 35.4 Å². The summed E-state index contributed by atoms with van der Waals surface area (Å²) in [5.41, 5.74) is 7.55. The van der Waals surface area contributed by atoms with Crippen LogP contribution >= 0.6 is 11.6 Å².